The number of carbonyl (C=O) groups excluding carboxylic acids is 3. The Morgan fingerprint density at radius 3 is 2.58 bits per heavy atom. The lowest BCUT2D eigenvalue weighted by Crippen LogP contribution is -2.44. The van der Waals surface area contributed by atoms with Gasteiger partial charge in [0.1, 0.15) is 5.54 Å². The minimum absolute atomic E-state index is 0.00535. The number of rotatable bonds is 7. The maximum atomic E-state index is 13.0. The second-order valence-corrected chi connectivity index (χ2v) is 8.64. The summed E-state index contributed by atoms with van der Waals surface area (Å²) in [5.74, 6) is 1.25. The van der Waals surface area contributed by atoms with Crippen molar-refractivity contribution in [1.82, 2.24) is 15.1 Å². The number of likely N-dealkylation sites (tertiary alicyclic amines) is 1. The van der Waals surface area contributed by atoms with E-state index < -0.39 is 5.54 Å². The van der Waals surface area contributed by atoms with Crippen LogP contribution in [0.3, 0.4) is 0 Å². The molecule has 0 radical (unpaired) electrons. The molecule has 1 aromatic rings. The first-order valence-electron chi connectivity index (χ1n) is 11.1. The fraction of sp³-hybridized carbons (Fsp3) is 0.609. The largest absolute Gasteiger partial charge is 0.493 e. The molecule has 0 bridgehead atoms. The summed E-state index contributed by atoms with van der Waals surface area (Å²) >= 11 is 0. The average molecular weight is 430 g/mol. The van der Waals surface area contributed by atoms with E-state index in [1.165, 1.54) is 4.90 Å². The van der Waals surface area contributed by atoms with E-state index >= 15 is 0 Å². The number of benzene rings is 1. The van der Waals surface area contributed by atoms with Gasteiger partial charge in [0.2, 0.25) is 5.91 Å². The van der Waals surface area contributed by atoms with Gasteiger partial charge in [-0.3, -0.25) is 14.5 Å². The number of imide groups is 1. The van der Waals surface area contributed by atoms with Gasteiger partial charge in [-0.05, 0) is 49.8 Å². The smallest absolute Gasteiger partial charge is 0.325 e. The van der Waals surface area contributed by atoms with Crippen LogP contribution in [0.2, 0.25) is 0 Å². The Hall–Kier alpha value is -2.77. The molecular formula is C23H31N3O5. The number of nitrogens with zero attached hydrogens (tertiary/aromatic N) is 2. The van der Waals surface area contributed by atoms with Crippen LogP contribution in [-0.4, -0.2) is 60.5 Å². The van der Waals surface area contributed by atoms with Crippen molar-refractivity contribution in [2.75, 3.05) is 27.3 Å². The zero-order valence-electron chi connectivity index (χ0n) is 18.3. The highest BCUT2D eigenvalue weighted by molar-refractivity contribution is 6.07. The third-order valence-corrected chi connectivity index (χ3v) is 6.84. The molecule has 1 spiro atoms. The Kier molecular flexibility index (Phi) is 6.07. The maximum absolute atomic E-state index is 13.0. The standard InChI is InChI=1S/C23H31N3O5/c1-30-18-10-9-16(15-19(18)31-2)17-7-5-13-25(17)20(27)8-6-14-26-21(28)23(24-22(26)29)11-3-4-12-23/h9-10,15,17H,3-8,11-14H2,1-2H3,(H,24,29). The van der Waals surface area contributed by atoms with Crippen molar-refractivity contribution in [2.24, 2.45) is 0 Å². The number of urea groups is 1. The SMILES string of the molecule is COc1ccc(C2CCCN2C(=O)CCCN2C(=O)NC3(CCCC3)C2=O)cc1OC. The quantitative estimate of drug-likeness (QED) is 0.673. The van der Waals surface area contributed by atoms with Crippen molar-refractivity contribution < 1.29 is 23.9 Å². The summed E-state index contributed by atoms with van der Waals surface area (Å²) in [7, 11) is 3.20. The predicted octanol–water partition coefficient (Wildman–Crippen LogP) is 3.01. The van der Waals surface area contributed by atoms with Gasteiger partial charge in [0.15, 0.2) is 11.5 Å². The van der Waals surface area contributed by atoms with Crippen molar-refractivity contribution in [1.29, 1.82) is 0 Å². The molecule has 2 heterocycles. The van der Waals surface area contributed by atoms with Gasteiger partial charge >= 0.3 is 6.03 Å². The lowest BCUT2D eigenvalue weighted by Gasteiger charge is -2.26. The third-order valence-electron chi connectivity index (χ3n) is 6.84. The Bertz CT molecular complexity index is 865. The van der Waals surface area contributed by atoms with E-state index in [0.717, 1.165) is 31.2 Å². The zero-order chi connectivity index (χ0) is 22.0. The van der Waals surface area contributed by atoms with E-state index in [-0.39, 0.29) is 30.4 Å². The van der Waals surface area contributed by atoms with Crippen LogP contribution in [0.1, 0.15) is 63.0 Å². The Balaban J connectivity index is 1.35. The topological polar surface area (TPSA) is 88.2 Å². The number of carbonyl (C=O) groups is 3. The van der Waals surface area contributed by atoms with Crippen molar-refractivity contribution in [3.63, 3.8) is 0 Å². The van der Waals surface area contributed by atoms with Crippen LogP contribution in [0.4, 0.5) is 4.79 Å². The Morgan fingerprint density at radius 1 is 1.13 bits per heavy atom. The molecule has 3 fully saturated rings. The molecule has 4 amide bonds. The van der Waals surface area contributed by atoms with Crippen LogP contribution in [-0.2, 0) is 9.59 Å². The van der Waals surface area contributed by atoms with Gasteiger partial charge in [-0.15, -0.1) is 0 Å². The maximum Gasteiger partial charge on any atom is 0.325 e. The third kappa shape index (κ3) is 3.95. The molecule has 168 valence electrons. The fourth-order valence-electron chi connectivity index (χ4n) is 5.20. The van der Waals surface area contributed by atoms with Gasteiger partial charge < -0.3 is 19.7 Å². The number of nitrogens with one attached hydrogen (secondary N) is 1. The van der Waals surface area contributed by atoms with Crippen molar-refractivity contribution in [3.05, 3.63) is 23.8 Å². The molecule has 1 atom stereocenters. The second-order valence-electron chi connectivity index (χ2n) is 8.64. The normalized spacial score (nSPS) is 22.3. The number of hydrogen-bond donors (Lipinski definition) is 1. The molecule has 2 saturated heterocycles. The van der Waals surface area contributed by atoms with Crippen LogP contribution < -0.4 is 14.8 Å². The molecule has 2 aliphatic heterocycles. The van der Waals surface area contributed by atoms with E-state index in [9.17, 15) is 14.4 Å². The number of hydrogen-bond acceptors (Lipinski definition) is 5. The summed E-state index contributed by atoms with van der Waals surface area (Å²) in [5.41, 5.74) is 0.343. The van der Waals surface area contributed by atoms with Crippen LogP contribution >= 0.6 is 0 Å². The molecule has 31 heavy (non-hydrogen) atoms. The van der Waals surface area contributed by atoms with E-state index in [2.05, 4.69) is 5.32 Å². The molecule has 0 aromatic heterocycles. The molecule has 1 aromatic carbocycles. The van der Waals surface area contributed by atoms with Gasteiger partial charge in [0.05, 0.1) is 20.3 Å². The monoisotopic (exact) mass is 429 g/mol. The fourth-order valence-corrected chi connectivity index (χ4v) is 5.20. The first-order valence-corrected chi connectivity index (χ1v) is 11.1. The van der Waals surface area contributed by atoms with Crippen LogP contribution in [0, 0.1) is 0 Å². The van der Waals surface area contributed by atoms with Gasteiger partial charge in [-0.25, -0.2) is 4.79 Å². The summed E-state index contributed by atoms with van der Waals surface area (Å²) in [6, 6.07) is 5.47. The first-order chi connectivity index (χ1) is 15.0. The molecule has 1 aliphatic carbocycles. The summed E-state index contributed by atoms with van der Waals surface area (Å²) in [4.78, 5) is 41.2. The van der Waals surface area contributed by atoms with E-state index in [1.807, 2.05) is 23.1 Å². The minimum atomic E-state index is -0.686. The highest BCUT2D eigenvalue weighted by Crippen LogP contribution is 2.38. The number of amides is 4. The predicted molar refractivity (Wildman–Crippen MR) is 114 cm³/mol. The molecule has 8 heteroatoms. The average Bonchev–Trinajstić information content (AvgIpc) is 3.50. The summed E-state index contributed by atoms with van der Waals surface area (Å²) in [6.07, 6.45) is 5.99. The molecular weight excluding hydrogens is 398 g/mol. The highest BCUT2D eigenvalue weighted by atomic mass is 16.5. The zero-order valence-corrected chi connectivity index (χ0v) is 18.3. The molecule has 3 aliphatic rings. The Labute approximate surface area is 182 Å². The van der Waals surface area contributed by atoms with Gasteiger partial charge in [-0.2, -0.15) is 0 Å². The first kappa shape index (κ1) is 21.5. The molecule has 1 unspecified atom stereocenters. The molecule has 4 rings (SSSR count). The summed E-state index contributed by atoms with van der Waals surface area (Å²) in [5, 5.41) is 2.89. The molecule has 1 N–H and O–H groups in total. The van der Waals surface area contributed by atoms with E-state index in [1.54, 1.807) is 14.2 Å². The highest BCUT2D eigenvalue weighted by Gasteiger charge is 2.52. The lowest BCUT2D eigenvalue weighted by molar-refractivity contribution is -0.134. The summed E-state index contributed by atoms with van der Waals surface area (Å²) in [6.45, 7) is 0.997. The lowest BCUT2D eigenvalue weighted by atomic mass is 9.98. The van der Waals surface area contributed by atoms with Crippen molar-refractivity contribution in [3.8, 4) is 11.5 Å². The van der Waals surface area contributed by atoms with E-state index in [4.69, 9.17) is 9.47 Å². The van der Waals surface area contributed by atoms with Crippen molar-refractivity contribution in [2.45, 2.75) is 62.9 Å². The summed E-state index contributed by atoms with van der Waals surface area (Å²) < 4.78 is 10.7. The van der Waals surface area contributed by atoms with Crippen molar-refractivity contribution >= 4 is 17.8 Å². The van der Waals surface area contributed by atoms with Gasteiger partial charge in [0.25, 0.3) is 5.91 Å². The van der Waals surface area contributed by atoms with Gasteiger partial charge in [-0.1, -0.05) is 18.9 Å². The number of methoxy groups -OCH3 is 2. The molecule has 1 saturated carbocycles. The number of ether oxygens (including phenoxy) is 2. The molecule has 8 nitrogen and oxygen atoms in total. The van der Waals surface area contributed by atoms with Crippen LogP contribution in [0.15, 0.2) is 18.2 Å². The van der Waals surface area contributed by atoms with E-state index in [0.29, 0.717) is 43.7 Å². The van der Waals surface area contributed by atoms with Gasteiger partial charge in [0, 0.05) is 19.5 Å². The van der Waals surface area contributed by atoms with Crippen LogP contribution in [0.25, 0.3) is 0 Å². The minimum Gasteiger partial charge on any atom is -0.493 e. The second kappa shape index (κ2) is 8.77. The Morgan fingerprint density at radius 2 is 1.87 bits per heavy atom. The van der Waals surface area contributed by atoms with Crippen LogP contribution in [0.5, 0.6) is 11.5 Å².